The molecule has 0 radical (unpaired) electrons. The van der Waals surface area contributed by atoms with Gasteiger partial charge in [-0.05, 0) is 42.0 Å². The van der Waals surface area contributed by atoms with Crippen LogP contribution in [0.4, 0.5) is 4.39 Å². The van der Waals surface area contributed by atoms with Crippen LogP contribution in [-0.2, 0) is 0 Å². The van der Waals surface area contributed by atoms with Gasteiger partial charge in [0.15, 0.2) is 0 Å². The van der Waals surface area contributed by atoms with E-state index in [2.05, 4.69) is 34.3 Å². The maximum absolute atomic E-state index is 13.3. The molecule has 0 saturated carbocycles. The van der Waals surface area contributed by atoms with Crippen molar-refractivity contribution in [3.63, 3.8) is 0 Å². The third-order valence-electron chi connectivity index (χ3n) is 2.89. The Kier molecular flexibility index (Phi) is 4.46. The third kappa shape index (κ3) is 2.78. The van der Waals surface area contributed by atoms with Crippen LogP contribution < -0.4 is 0 Å². The van der Waals surface area contributed by atoms with Crippen LogP contribution in [0.5, 0.6) is 0 Å². The van der Waals surface area contributed by atoms with E-state index in [0.29, 0.717) is 5.56 Å². The number of thioether (sulfide) groups is 1. The summed E-state index contributed by atoms with van der Waals surface area (Å²) in [5.41, 5.74) is 2.98. The Bertz CT molecular complexity index is 554. The van der Waals surface area contributed by atoms with Crippen molar-refractivity contribution in [1.29, 1.82) is 0 Å². The monoisotopic (exact) mass is 324 g/mol. The number of halogens is 2. The van der Waals surface area contributed by atoms with E-state index < -0.39 is 0 Å². The number of rotatable bonds is 3. The minimum absolute atomic E-state index is 0.0976. The van der Waals surface area contributed by atoms with Gasteiger partial charge < -0.3 is 0 Å². The molecule has 1 atom stereocenters. The molecule has 0 saturated heterocycles. The molecule has 0 N–H and O–H groups in total. The van der Waals surface area contributed by atoms with E-state index in [0.717, 1.165) is 5.56 Å². The molecule has 0 spiro atoms. The highest BCUT2D eigenvalue weighted by atomic mass is 79.9. The lowest BCUT2D eigenvalue weighted by molar-refractivity contribution is 0.617. The van der Waals surface area contributed by atoms with Crippen LogP contribution in [0.25, 0.3) is 0 Å². The fourth-order valence-corrected chi connectivity index (χ4v) is 3.35. The topological polar surface area (TPSA) is 0 Å². The van der Waals surface area contributed by atoms with Crippen LogP contribution in [0.3, 0.4) is 0 Å². The summed E-state index contributed by atoms with van der Waals surface area (Å²) in [5, 5.41) is 0. The minimum Gasteiger partial charge on any atom is -0.207 e. The number of alkyl halides is 1. The van der Waals surface area contributed by atoms with Crippen molar-refractivity contribution in [2.45, 2.75) is 16.6 Å². The first-order valence-corrected chi connectivity index (χ1v) is 7.80. The molecule has 0 amide bonds. The van der Waals surface area contributed by atoms with E-state index in [9.17, 15) is 4.39 Å². The van der Waals surface area contributed by atoms with Gasteiger partial charge in [-0.1, -0.05) is 46.3 Å². The lowest BCUT2D eigenvalue weighted by Crippen LogP contribution is -1.96. The molecule has 18 heavy (non-hydrogen) atoms. The lowest BCUT2D eigenvalue weighted by Gasteiger charge is -2.15. The zero-order valence-electron chi connectivity index (χ0n) is 10.3. The van der Waals surface area contributed by atoms with Gasteiger partial charge in [-0.3, -0.25) is 0 Å². The Hall–Kier alpha value is -0.800. The van der Waals surface area contributed by atoms with E-state index in [-0.39, 0.29) is 10.6 Å². The quantitative estimate of drug-likeness (QED) is 0.542. The van der Waals surface area contributed by atoms with E-state index in [1.165, 1.54) is 16.5 Å². The van der Waals surface area contributed by atoms with Crippen molar-refractivity contribution < 1.29 is 4.39 Å². The second-order valence-electron chi connectivity index (χ2n) is 4.11. The largest absolute Gasteiger partial charge is 0.207 e. The van der Waals surface area contributed by atoms with Gasteiger partial charge in [0.1, 0.15) is 5.82 Å². The smallest absolute Gasteiger partial charge is 0.126 e. The Labute approximate surface area is 120 Å². The zero-order chi connectivity index (χ0) is 13.1. The summed E-state index contributed by atoms with van der Waals surface area (Å²) in [5.74, 6) is -0.156. The molecule has 2 aromatic carbocycles. The van der Waals surface area contributed by atoms with Crippen molar-refractivity contribution in [2.75, 3.05) is 6.26 Å². The second-order valence-corrected chi connectivity index (χ2v) is 5.88. The summed E-state index contributed by atoms with van der Waals surface area (Å²) in [7, 11) is 0. The SMILES string of the molecule is CSc1ccccc1C(Br)c1ccc(F)c(C)c1. The third-order valence-corrected chi connectivity index (χ3v) is 4.72. The fraction of sp³-hybridized carbons (Fsp3) is 0.200. The molecule has 0 aliphatic rings. The molecule has 2 rings (SSSR count). The van der Waals surface area contributed by atoms with Crippen molar-refractivity contribution in [3.05, 3.63) is 65.0 Å². The Morgan fingerprint density at radius 3 is 2.56 bits per heavy atom. The molecule has 0 aliphatic carbocycles. The first kappa shape index (κ1) is 13.6. The number of hydrogen-bond acceptors (Lipinski definition) is 1. The van der Waals surface area contributed by atoms with Crippen LogP contribution in [0.1, 0.15) is 21.5 Å². The predicted octanol–water partition coefficient (Wildman–Crippen LogP) is 5.34. The normalized spacial score (nSPS) is 12.4. The highest BCUT2D eigenvalue weighted by Crippen LogP contribution is 2.36. The van der Waals surface area contributed by atoms with Crippen molar-refractivity contribution >= 4 is 27.7 Å². The van der Waals surface area contributed by atoms with Crippen LogP contribution in [0.15, 0.2) is 47.4 Å². The highest BCUT2D eigenvalue weighted by molar-refractivity contribution is 9.09. The standard InChI is InChI=1S/C15H14BrFS/c1-10-9-11(7-8-13(10)17)15(16)12-5-3-4-6-14(12)18-2/h3-9,15H,1-2H3. The molecule has 2 aromatic rings. The number of hydrogen-bond donors (Lipinski definition) is 0. The molecule has 0 fully saturated rings. The van der Waals surface area contributed by atoms with Crippen LogP contribution >= 0.6 is 27.7 Å². The molecule has 0 heterocycles. The van der Waals surface area contributed by atoms with Crippen molar-refractivity contribution in [2.24, 2.45) is 0 Å². The average Bonchev–Trinajstić information content (AvgIpc) is 2.41. The van der Waals surface area contributed by atoms with Crippen LogP contribution in [0, 0.1) is 12.7 Å². The highest BCUT2D eigenvalue weighted by Gasteiger charge is 2.14. The summed E-state index contributed by atoms with van der Waals surface area (Å²) in [6.45, 7) is 1.79. The van der Waals surface area contributed by atoms with Gasteiger partial charge in [0.05, 0.1) is 4.83 Å². The predicted molar refractivity (Wildman–Crippen MR) is 80.1 cm³/mol. The van der Waals surface area contributed by atoms with Crippen molar-refractivity contribution in [1.82, 2.24) is 0 Å². The zero-order valence-corrected chi connectivity index (χ0v) is 12.7. The molecule has 3 heteroatoms. The van der Waals surface area contributed by atoms with Gasteiger partial charge in [-0.2, -0.15) is 0 Å². The fourth-order valence-electron chi connectivity index (χ4n) is 1.88. The molecular formula is C15H14BrFS. The summed E-state index contributed by atoms with van der Waals surface area (Å²) in [6, 6.07) is 13.5. The van der Waals surface area contributed by atoms with E-state index in [4.69, 9.17) is 0 Å². The van der Waals surface area contributed by atoms with Gasteiger partial charge in [0.25, 0.3) is 0 Å². The first-order valence-electron chi connectivity index (χ1n) is 5.66. The second kappa shape index (κ2) is 5.89. The maximum Gasteiger partial charge on any atom is 0.126 e. The Morgan fingerprint density at radius 2 is 1.89 bits per heavy atom. The number of aryl methyl sites for hydroxylation is 1. The summed E-state index contributed by atoms with van der Waals surface area (Å²) < 4.78 is 13.3. The average molecular weight is 325 g/mol. The maximum atomic E-state index is 13.3. The lowest BCUT2D eigenvalue weighted by atomic mass is 10.0. The van der Waals surface area contributed by atoms with Crippen LogP contribution in [0.2, 0.25) is 0 Å². The van der Waals surface area contributed by atoms with Gasteiger partial charge >= 0.3 is 0 Å². The van der Waals surface area contributed by atoms with Gasteiger partial charge in [0.2, 0.25) is 0 Å². The van der Waals surface area contributed by atoms with Crippen molar-refractivity contribution in [3.8, 4) is 0 Å². The van der Waals surface area contributed by atoms with E-state index in [1.54, 1.807) is 18.7 Å². The van der Waals surface area contributed by atoms with Gasteiger partial charge in [0, 0.05) is 4.90 Å². The first-order chi connectivity index (χ1) is 8.63. The van der Waals surface area contributed by atoms with Crippen LogP contribution in [-0.4, -0.2) is 6.26 Å². The summed E-state index contributed by atoms with van der Waals surface area (Å²) in [6.07, 6.45) is 2.06. The molecule has 1 unspecified atom stereocenters. The van der Waals surface area contributed by atoms with Gasteiger partial charge in [-0.15, -0.1) is 11.8 Å². The molecule has 0 bridgehead atoms. The number of benzene rings is 2. The van der Waals surface area contributed by atoms with E-state index in [1.807, 2.05) is 24.3 Å². The Balaban J connectivity index is 2.41. The van der Waals surface area contributed by atoms with E-state index >= 15 is 0 Å². The summed E-state index contributed by atoms with van der Waals surface area (Å²) >= 11 is 5.43. The molecule has 0 aliphatic heterocycles. The molecule has 0 aromatic heterocycles. The minimum atomic E-state index is -0.156. The molecular weight excluding hydrogens is 311 g/mol. The summed E-state index contributed by atoms with van der Waals surface area (Å²) in [4.78, 5) is 1.34. The van der Waals surface area contributed by atoms with Gasteiger partial charge in [-0.25, -0.2) is 4.39 Å². The Morgan fingerprint density at radius 1 is 1.17 bits per heavy atom. The molecule has 94 valence electrons. The molecule has 0 nitrogen and oxygen atoms in total.